The summed E-state index contributed by atoms with van der Waals surface area (Å²) in [4.78, 5) is 25.6. The Bertz CT molecular complexity index is 1060. The zero-order valence-electron chi connectivity index (χ0n) is 16.1. The number of aromatic nitrogens is 2. The molecular formula is C20H22N4O3S. The number of amides is 1. The summed E-state index contributed by atoms with van der Waals surface area (Å²) in [6.45, 7) is 2.87. The molecule has 1 aliphatic rings. The largest absolute Gasteiger partial charge is 0.480 e. The quantitative estimate of drug-likeness (QED) is 0.678. The minimum Gasteiger partial charge on any atom is -0.480 e. The Hall–Kier alpha value is -2.71. The molecule has 0 saturated carbocycles. The molecule has 2 N–H and O–H groups in total. The predicted molar refractivity (Wildman–Crippen MR) is 110 cm³/mol. The Kier molecular flexibility index (Phi) is 4.91. The van der Waals surface area contributed by atoms with Crippen molar-refractivity contribution in [1.29, 1.82) is 0 Å². The van der Waals surface area contributed by atoms with Crippen LogP contribution >= 0.6 is 11.3 Å². The summed E-state index contributed by atoms with van der Waals surface area (Å²) in [5, 5.41) is 0.778. The third-order valence-corrected chi connectivity index (χ3v) is 6.17. The Labute approximate surface area is 167 Å². The molecule has 0 bridgehead atoms. The maximum atomic E-state index is 13.5. The molecule has 0 saturated heterocycles. The lowest BCUT2D eigenvalue weighted by atomic mass is 9.99. The summed E-state index contributed by atoms with van der Waals surface area (Å²) >= 11 is 1.36. The number of hydrogen-bond donors (Lipinski definition) is 1. The highest BCUT2D eigenvalue weighted by atomic mass is 32.1. The first-order valence-corrected chi connectivity index (χ1v) is 9.89. The molecule has 0 spiro atoms. The van der Waals surface area contributed by atoms with E-state index < -0.39 is 0 Å². The number of fused-ring (bicyclic) bond motifs is 2. The summed E-state index contributed by atoms with van der Waals surface area (Å²) in [6.07, 6.45) is 1.77. The number of benzene rings is 1. The van der Waals surface area contributed by atoms with Gasteiger partial charge in [-0.05, 0) is 43.0 Å². The van der Waals surface area contributed by atoms with Gasteiger partial charge in [0, 0.05) is 25.0 Å². The van der Waals surface area contributed by atoms with E-state index in [0.717, 1.165) is 45.6 Å². The summed E-state index contributed by atoms with van der Waals surface area (Å²) in [5.74, 6) is 0.957. The molecule has 7 nitrogen and oxygen atoms in total. The van der Waals surface area contributed by atoms with Crippen LogP contribution in [0.3, 0.4) is 0 Å². The van der Waals surface area contributed by atoms with Crippen LogP contribution < -0.4 is 15.4 Å². The summed E-state index contributed by atoms with van der Waals surface area (Å²) in [6, 6.07) is 5.74. The average Bonchev–Trinajstić information content (AvgIpc) is 3.03. The van der Waals surface area contributed by atoms with E-state index in [9.17, 15) is 4.79 Å². The molecule has 0 radical (unpaired) electrons. The first-order chi connectivity index (χ1) is 13.5. The number of ether oxygens (including phenoxy) is 2. The van der Waals surface area contributed by atoms with E-state index in [4.69, 9.17) is 15.2 Å². The number of nitrogens with zero attached hydrogens (tertiary/aromatic N) is 3. The van der Waals surface area contributed by atoms with E-state index in [0.29, 0.717) is 23.1 Å². The van der Waals surface area contributed by atoms with Gasteiger partial charge in [0.1, 0.15) is 11.4 Å². The lowest BCUT2D eigenvalue weighted by molar-refractivity contribution is 0.0988. The maximum Gasteiger partial charge on any atom is 0.268 e. The Morgan fingerprint density at radius 1 is 1.32 bits per heavy atom. The highest BCUT2D eigenvalue weighted by Gasteiger charge is 2.29. The van der Waals surface area contributed by atoms with Gasteiger partial charge < -0.3 is 20.1 Å². The molecular weight excluding hydrogens is 376 g/mol. The number of anilines is 2. The topological polar surface area (TPSA) is 90.6 Å². The monoisotopic (exact) mass is 398 g/mol. The van der Waals surface area contributed by atoms with Crippen LogP contribution in [0, 0.1) is 6.92 Å². The predicted octanol–water partition coefficient (Wildman–Crippen LogP) is 3.33. The van der Waals surface area contributed by atoms with Crippen molar-refractivity contribution < 1.29 is 14.3 Å². The molecule has 4 rings (SSSR count). The lowest BCUT2D eigenvalue weighted by Crippen LogP contribution is -2.35. The van der Waals surface area contributed by atoms with E-state index in [-0.39, 0.29) is 12.5 Å². The number of thiophene rings is 1. The Morgan fingerprint density at radius 2 is 2.14 bits per heavy atom. The molecule has 3 aromatic rings. The molecule has 2 aromatic heterocycles. The van der Waals surface area contributed by atoms with Crippen LogP contribution in [0.2, 0.25) is 0 Å². The summed E-state index contributed by atoms with van der Waals surface area (Å²) in [5.41, 5.74) is 9.64. The third kappa shape index (κ3) is 2.98. The van der Waals surface area contributed by atoms with Crippen molar-refractivity contribution in [3.63, 3.8) is 0 Å². The van der Waals surface area contributed by atoms with Gasteiger partial charge in [0.15, 0.2) is 5.82 Å². The van der Waals surface area contributed by atoms with Gasteiger partial charge in [-0.15, -0.1) is 11.3 Å². The molecule has 0 unspecified atom stereocenters. The van der Waals surface area contributed by atoms with Crippen LogP contribution in [0.5, 0.6) is 5.88 Å². The van der Waals surface area contributed by atoms with Crippen LogP contribution in [0.15, 0.2) is 18.2 Å². The van der Waals surface area contributed by atoms with Crippen LogP contribution in [0.25, 0.3) is 10.2 Å². The first kappa shape index (κ1) is 18.6. The van der Waals surface area contributed by atoms with Crippen LogP contribution in [-0.4, -0.2) is 36.6 Å². The lowest BCUT2D eigenvalue weighted by Gasteiger charge is -2.30. The van der Waals surface area contributed by atoms with Gasteiger partial charge in [-0.2, -0.15) is 4.98 Å². The fourth-order valence-corrected chi connectivity index (χ4v) is 4.81. The SMILES string of the molecule is COCc1nc(OC)c2c(C)c(C(=O)N3CCCc4c(N)cccc43)sc2n1. The highest BCUT2D eigenvalue weighted by molar-refractivity contribution is 7.20. The van der Waals surface area contributed by atoms with Crippen molar-refractivity contribution >= 4 is 38.8 Å². The molecule has 0 atom stereocenters. The van der Waals surface area contributed by atoms with Crippen molar-refractivity contribution in [1.82, 2.24) is 9.97 Å². The number of hydrogen-bond acceptors (Lipinski definition) is 7. The second kappa shape index (κ2) is 7.37. The van der Waals surface area contributed by atoms with E-state index in [1.807, 2.05) is 30.0 Å². The molecule has 0 aliphatic carbocycles. The normalized spacial score (nSPS) is 13.6. The zero-order chi connectivity index (χ0) is 19.8. The second-order valence-corrected chi connectivity index (χ2v) is 7.72. The number of nitrogen functional groups attached to an aromatic ring is 1. The number of rotatable bonds is 4. The minimum absolute atomic E-state index is 0.0394. The highest BCUT2D eigenvalue weighted by Crippen LogP contribution is 2.38. The number of carbonyl (C=O) groups is 1. The van der Waals surface area contributed by atoms with E-state index in [1.165, 1.54) is 11.3 Å². The minimum atomic E-state index is -0.0394. The molecule has 1 aromatic carbocycles. The first-order valence-electron chi connectivity index (χ1n) is 9.07. The molecule has 1 amide bonds. The van der Waals surface area contributed by atoms with Gasteiger partial charge in [-0.25, -0.2) is 4.98 Å². The van der Waals surface area contributed by atoms with Crippen LogP contribution in [0.1, 0.15) is 33.0 Å². The van der Waals surface area contributed by atoms with Crippen molar-refractivity contribution in [3.05, 3.63) is 40.0 Å². The number of aryl methyl sites for hydroxylation is 1. The Balaban J connectivity index is 1.81. The van der Waals surface area contributed by atoms with Gasteiger partial charge in [-0.3, -0.25) is 4.79 Å². The van der Waals surface area contributed by atoms with Gasteiger partial charge in [0.25, 0.3) is 5.91 Å². The van der Waals surface area contributed by atoms with E-state index in [2.05, 4.69) is 9.97 Å². The van der Waals surface area contributed by atoms with Gasteiger partial charge in [0.05, 0.1) is 17.4 Å². The number of methoxy groups -OCH3 is 2. The van der Waals surface area contributed by atoms with E-state index >= 15 is 0 Å². The van der Waals surface area contributed by atoms with Crippen molar-refractivity contribution in [2.45, 2.75) is 26.4 Å². The van der Waals surface area contributed by atoms with Crippen LogP contribution in [0.4, 0.5) is 11.4 Å². The average molecular weight is 398 g/mol. The number of nitrogens with two attached hydrogens (primary N) is 1. The van der Waals surface area contributed by atoms with Crippen molar-refractivity contribution in [2.24, 2.45) is 0 Å². The van der Waals surface area contributed by atoms with Crippen molar-refractivity contribution in [3.8, 4) is 5.88 Å². The number of carbonyl (C=O) groups excluding carboxylic acids is 1. The van der Waals surface area contributed by atoms with Gasteiger partial charge >= 0.3 is 0 Å². The van der Waals surface area contributed by atoms with E-state index in [1.54, 1.807) is 14.2 Å². The molecule has 1 aliphatic heterocycles. The fourth-order valence-electron chi connectivity index (χ4n) is 3.67. The smallest absolute Gasteiger partial charge is 0.268 e. The second-order valence-electron chi connectivity index (χ2n) is 6.72. The molecule has 3 heterocycles. The standard InChI is InChI=1S/C20H22N4O3S/c1-11-16-18(27-3)22-15(10-26-2)23-19(16)28-17(11)20(25)24-9-5-6-12-13(21)7-4-8-14(12)24/h4,7-8H,5-6,9-10,21H2,1-3H3. The Morgan fingerprint density at radius 3 is 2.89 bits per heavy atom. The zero-order valence-corrected chi connectivity index (χ0v) is 16.9. The molecule has 0 fully saturated rings. The summed E-state index contributed by atoms with van der Waals surface area (Å²) < 4.78 is 10.6. The third-order valence-electron chi connectivity index (χ3n) is 5.00. The molecule has 28 heavy (non-hydrogen) atoms. The maximum absolute atomic E-state index is 13.5. The molecule has 8 heteroatoms. The van der Waals surface area contributed by atoms with Crippen molar-refractivity contribution in [2.75, 3.05) is 31.4 Å². The fraction of sp³-hybridized carbons (Fsp3) is 0.350. The van der Waals surface area contributed by atoms with Gasteiger partial charge in [0.2, 0.25) is 5.88 Å². The molecule has 146 valence electrons. The summed E-state index contributed by atoms with van der Waals surface area (Å²) in [7, 11) is 3.16. The van der Waals surface area contributed by atoms with Crippen LogP contribution in [-0.2, 0) is 17.8 Å². The van der Waals surface area contributed by atoms with Gasteiger partial charge in [-0.1, -0.05) is 6.07 Å².